The zero-order valence-electron chi connectivity index (χ0n) is 15.8. The van der Waals surface area contributed by atoms with E-state index in [1.165, 1.54) is 10.5 Å². The molecule has 0 fully saturated rings. The van der Waals surface area contributed by atoms with Crippen LogP contribution in [0.25, 0.3) is 11.5 Å². The number of ether oxygens (including phenoxy) is 1. The van der Waals surface area contributed by atoms with E-state index in [-0.39, 0.29) is 10.7 Å². The third-order valence-corrected chi connectivity index (χ3v) is 5.26. The quantitative estimate of drug-likeness (QED) is 0.525. The first-order chi connectivity index (χ1) is 12.4. The second-order valence-electron chi connectivity index (χ2n) is 7.21. The van der Waals surface area contributed by atoms with Gasteiger partial charge in [0.15, 0.2) is 0 Å². The Bertz CT molecular complexity index is 849. The molecule has 3 aromatic rings. The Balaban J connectivity index is 1.70. The lowest BCUT2D eigenvalue weighted by Crippen LogP contribution is -2.10. The Morgan fingerprint density at radius 3 is 2.19 bits per heavy atom. The lowest BCUT2D eigenvalue weighted by Gasteiger charge is -2.19. The fourth-order valence-electron chi connectivity index (χ4n) is 2.54. The maximum atomic E-state index is 5.87. The fourth-order valence-corrected chi connectivity index (χ4v) is 3.43. The average molecular weight is 369 g/mol. The number of hydrogen-bond acceptors (Lipinski definition) is 5. The molecule has 0 radical (unpaired) electrons. The summed E-state index contributed by atoms with van der Waals surface area (Å²) in [7, 11) is 1.65. The molecule has 0 aliphatic heterocycles. The van der Waals surface area contributed by atoms with Crippen molar-refractivity contribution in [3.8, 4) is 17.2 Å². The monoisotopic (exact) mass is 368 g/mol. The summed E-state index contributed by atoms with van der Waals surface area (Å²) in [5.41, 5.74) is 2.37. The second kappa shape index (κ2) is 7.54. The van der Waals surface area contributed by atoms with Gasteiger partial charge < -0.3 is 9.15 Å². The smallest absolute Gasteiger partial charge is 0.247 e. The van der Waals surface area contributed by atoms with Crippen LogP contribution in [0.3, 0.4) is 0 Å². The number of benzene rings is 2. The highest BCUT2D eigenvalue weighted by Gasteiger charge is 2.17. The Morgan fingerprint density at radius 2 is 1.62 bits per heavy atom. The highest BCUT2D eigenvalue weighted by atomic mass is 32.2. The van der Waals surface area contributed by atoms with Crippen molar-refractivity contribution in [2.45, 2.75) is 43.3 Å². The van der Waals surface area contributed by atoms with Gasteiger partial charge in [-0.2, -0.15) is 0 Å². The molecule has 0 saturated heterocycles. The maximum Gasteiger partial charge on any atom is 0.247 e. The summed E-state index contributed by atoms with van der Waals surface area (Å²) in [6.45, 7) is 8.73. The van der Waals surface area contributed by atoms with Crippen molar-refractivity contribution in [1.29, 1.82) is 0 Å². The van der Waals surface area contributed by atoms with Gasteiger partial charge in [-0.05, 0) is 54.3 Å². The second-order valence-corrected chi connectivity index (χ2v) is 8.62. The van der Waals surface area contributed by atoms with E-state index in [0.29, 0.717) is 11.8 Å². The van der Waals surface area contributed by atoms with Gasteiger partial charge in [-0.3, -0.25) is 0 Å². The summed E-state index contributed by atoms with van der Waals surface area (Å²) in [5.74, 6) is 1.95. The predicted octanol–water partition coefficient (Wildman–Crippen LogP) is 5.90. The van der Waals surface area contributed by atoms with Gasteiger partial charge in [-0.15, -0.1) is 22.0 Å². The van der Waals surface area contributed by atoms with Crippen molar-refractivity contribution in [3.05, 3.63) is 60.0 Å². The van der Waals surface area contributed by atoms with Crippen molar-refractivity contribution in [2.24, 2.45) is 0 Å². The van der Waals surface area contributed by atoms with Gasteiger partial charge in [0.1, 0.15) is 5.75 Å². The zero-order valence-corrected chi connectivity index (χ0v) is 16.6. The van der Waals surface area contributed by atoms with Crippen molar-refractivity contribution in [1.82, 2.24) is 10.2 Å². The number of hydrogen-bond donors (Lipinski definition) is 0. The van der Waals surface area contributed by atoms with E-state index in [1.807, 2.05) is 24.3 Å². The minimum atomic E-state index is 0.0787. The van der Waals surface area contributed by atoms with E-state index in [1.54, 1.807) is 18.9 Å². The van der Waals surface area contributed by atoms with E-state index in [2.05, 4.69) is 62.2 Å². The molecular weight excluding hydrogens is 344 g/mol. The van der Waals surface area contributed by atoms with Crippen LogP contribution in [0.4, 0.5) is 0 Å². The number of methoxy groups -OCH3 is 1. The topological polar surface area (TPSA) is 48.2 Å². The van der Waals surface area contributed by atoms with Gasteiger partial charge >= 0.3 is 0 Å². The third-order valence-electron chi connectivity index (χ3n) is 4.16. The highest BCUT2D eigenvalue weighted by molar-refractivity contribution is 7.99. The van der Waals surface area contributed by atoms with Gasteiger partial charge in [-0.1, -0.05) is 32.9 Å². The molecular formula is C21H24N2O2S. The molecule has 5 heteroatoms. The van der Waals surface area contributed by atoms with Gasteiger partial charge in [0.05, 0.1) is 12.4 Å². The van der Waals surface area contributed by atoms with Gasteiger partial charge in [0, 0.05) is 10.5 Å². The summed E-state index contributed by atoms with van der Waals surface area (Å²) in [6, 6.07) is 16.3. The average Bonchev–Trinajstić information content (AvgIpc) is 3.12. The Hall–Kier alpha value is -2.27. The zero-order chi connectivity index (χ0) is 18.7. The first-order valence-electron chi connectivity index (χ1n) is 8.62. The van der Waals surface area contributed by atoms with Crippen LogP contribution in [-0.2, 0) is 5.41 Å². The maximum absolute atomic E-state index is 5.87. The molecule has 1 aromatic heterocycles. The first-order valence-corrected chi connectivity index (χ1v) is 9.50. The van der Waals surface area contributed by atoms with Crippen LogP contribution in [0, 0.1) is 0 Å². The Morgan fingerprint density at radius 1 is 0.962 bits per heavy atom. The fraction of sp³-hybridized carbons (Fsp3) is 0.333. The molecule has 0 saturated carbocycles. The molecule has 2 aromatic carbocycles. The van der Waals surface area contributed by atoms with E-state index in [9.17, 15) is 0 Å². The minimum absolute atomic E-state index is 0.0787. The summed E-state index contributed by atoms with van der Waals surface area (Å²) in [5, 5.41) is 8.48. The van der Waals surface area contributed by atoms with Crippen LogP contribution in [0.2, 0.25) is 0 Å². The van der Waals surface area contributed by atoms with Crippen LogP contribution < -0.4 is 4.74 Å². The van der Waals surface area contributed by atoms with E-state index < -0.39 is 0 Å². The molecule has 0 bridgehead atoms. The molecule has 0 unspecified atom stereocenters. The van der Waals surface area contributed by atoms with Crippen molar-refractivity contribution in [2.75, 3.05) is 7.11 Å². The number of nitrogens with zero attached hydrogens (tertiary/aromatic N) is 2. The highest BCUT2D eigenvalue weighted by Crippen LogP contribution is 2.36. The summed E-state index contributed by atoms with van der Waals surface area (Å²) >= 11 is 1.71. The van der Waals surface area contributed by atoms with Crippen LogP contribution in [0.15, 0.2) is 57.8 Å². The molecule has 0 amide bonds. The lowest BCUT2D eigenvalue weighted by atomic mass is 9.87. The minimum Gasteiger partial charge on any atom is -0.497 e. The molecule has 1 atom stereocenters. The standard InChI is InChI=1S/C21H24N2O2S/c1-14(26-18-12-8-16(9-13-18)21(2,3)4)19-22-23-20(25-19)15-6-10-17(24-5)11-7-15/h6-14H,1-5H3/t14-/m1/s1. The number of rotatable bonds is 5. The van der Waals surface area contributed by atoms with Crippen molar-refractivity contribution < 1.29 is 9.15 Å². The van der Waals surface area contributed by atoms with Crippen LogP contribution in [0.5, 0.6) is 5.75 Å². The third kappa shape index (κ3) is 4.28. The molecule has 4 nitrogen and oxygen atoms in total. The van der Waals surface area contributed by atoms with Crippen molar-refractivity contribution in [3.63, 3.8) is 0 Å². The molecule has 0 aliphatic rings. The largest absolute Gasteiger partial charge is 0.497 e. The Kier molecular flexibility index (Phi) is 5.37. The van der Waals surface area contributed by atoms with Gasteiger partial charge in [-0.25, -0.2) is 0 Å². The van der Waals surface area contributed by atoms with Gasteiger partial charge in [0.2, 0.25) is 11.8 Å². The summed E-state index contributed by atoms with van der Waals surface area (Å²) in [4.78, 5) is 1.19. The number of aromatic nitrogens is 2. The molecule has 0 N–H and O–H groups in total. The van der Waals surface area contributed by atoms with Crippen molar-refractivity contribution >= 4 is 11.8 Å². The molecule has 26 heavy (non-hydrogen) atoms. The summed E-state index contributed by atoms with van der Waals surface area (Å²) < 4.78 is 11.0. The molecule has 1 heterocycles. The summed E-state index contributed by atoms with van der Waals surface area (Å²) in [6.07, 6.45) is 0. The molecule has 0 aliphatic carbocycles. The van der Waals surface area contributed by atoms with E-state index in [0.717, 1.165) is 11.3 Å². The number of thioether (sulfide) groups is 1. The molecule has 3 rings (SSSR count). The van der Waals surface area contributed by atoms with Crippen LogP contribution >= 0.6 is 11.8 Å². The Labute approximate surface area is 159 Å². The van der Waals surface area contributed by atoms with Gasteiger partial charge in [0.25, 0.3) is 0 Å². The molecule has 0 spiro atoms. The predicted molar refractivity (Wildman–Crippen MR) is 106 cm³/mol. The lowest BCUT2D eigenvalue weighted by molar-refractivity contribution is 0.415. The van der Waals surface area contributed by atoms with Crippen LogP contribution in [0.1, 0.15) is 44.4 Å². The van der Waals surface area contributed by atoms with Crippen LogP contribution in [-0.4, -0.2) is 17.3 Å². The molecule has 136 valence electrons. The first kappa shape index (κ1) is 18.5. The normalized spacial score (nSPS) is 12.8. The SMILES string of the molecule is COc1ccc(-c2nnc([C@@H](C)Sc3ccc(C(C)(C)C)cc3)o2)cc1. The van der Waals surface area contributed by atoms with E-state index >= 15 is 0 Å². The van der Waals surface area contributed by atoms with E-state index in [4.69, 9.17) is 9.15 Å².